The van der Waals surface area contributed by atoms with Crippen molar-refractivity contribution in [1.82, 2.24) is 0 Å². The van der Waals surface area contributed by atoms with Gasteiger partial charge in [0.15, 0.2) is 5.92 Å². The fourth-order valence-corrected chi connectivity index (χ4v) is 1.34. The number of aliphatic carboxylic acids is 2. The first-order valence-corrected chi connectivity index (χ1v) is 5.47. The molecule has 0 atom stereocenters. The molecule has 0 aliphatic rings. The van der Waals surface area contributed by atoms with Gasteiger partial charge < -0.3 is 20.3 Å². The number of rotatable bonds is 7. The van der Waals surface area contributed by atoms with Gasteiger partial charge in [0.1, 0.15) is 5.75 Å². The predicted molar refractivity (Wildman–Crippen MR) is 64.9 cm³/mol. The number of hydrogen-bond donors (Lipinski definition) is 3. The molecule has 3 N–H and O–H groups in total. The van der Waals surface area contributed by atoms with Crippen molar-refractivity contribution in [3.8, 4) is 5.75 Å². The largest absolute Gasteiger partial charge is 0.494 e. The van der Waals surface area contributed by atoms with Gasteiger partial charge in [0.25, 0.3) is 0 Å². The number of anilines is 1. The van der Waals surface area contributed by atoms with Crippen LogP contribution in [0.15, 0.2) is 24.3 Å². The van der Waals surface area contributed by atoms with E-state index in [1.807, 2.05) is 6.92 Å². The van der Waals surface area contributed by atoms with E-state index in [4.69, 9.17) is 14.9 Å². The van der Waals surface area contributed by atoms with Crippen molar-refractivity contribution in [2.24, 2.45) is 5.92 Å². The lowest BCUT2D eigenvalue weighted by Crippen LogP contribution is -2.30. The van der Waals surface area contributed by atoms with Crippen molar-refractivity contribution in [3.63, 3.8) is 0 Å². The average Bonchev–Trinajstić information content (AvgIpc) is 2.31. The Morgan fingerprint density at radius 3 is 2.22 bits per heavy atom. The van der Waals surface area contributed by atoms with E-state index in [-0.39, 0.29) is 6.54 Å². The molecule has 0 unspecified atom stereocenters. The van der Waals surface area contributed by atoms with Crippen molar-refractivity contribution in [2.75, 3.05) is 18.5 Å². The quantitative estimate of drug-likeness (QED) is 0.633. The summed E-state index contributed by atoms with van der Waals surface area (Å²) in [6, 6.07) is 6.85. The molecule has 0 heterocycles. The highest BCUT2D eigenvalue weighted by Gasteiger charge is 2.25. The van der Waals surface area contributed by atoms with Gasteiger partial charge in [0, 0.05) is 12.2 Å². The molecule has 0 aliphatic carbocycles. The molecule has 1 rings (SSSR count). The minimum Gasteiger partial charge on any atom is -0.494 e. The number of nitrogens with one attached hydrogen (secondary N) is 1. The minimum absolute atomic E-state index is 0.168. The van der Waals surface area contributed by atoms with Crippen LogP contribution in [0, 0.1) is 5.92 Å². The molecule has 0 bridgehead atoms. The van der Waals surface area contributed by atoms with E-state index >= 15 is 0 Å². The maximum absolute atomic E-state index is 10.7. The number of carboxylic acid groups (broad SMARTS) is 2. The summed E-state index contributed by atoms with van der Waals surface area (Å²) < 4.78 is 5.25. The molecule has 0 amide bonds. The molecule has 0 spiro atoms. The van der Waals surface area contributed by atoms with E-state index in [2.05, 4.69) is 5.32 Å². The Morgan fingerprint density at radius 1 is 1.22 bits per heavy atom. The number of hydrogen-bond acceptors (Lipinski definition) is 4. The number of carbonyl (C=O) groups is 2. The summed E-state index contributed by atoms with van der Waals surface area (Å²) in [5.41, 5.74) is 0.644. The zero-order chi connectivity index (χ0) is 13.5. The highest BCUT2D eigenvalue weighted by atomic mass is 16.5. The summed E-state index contributed by atoms with van der Waals surface area (Å²) >= 11 is 0. The molecule has 98 valence electrons. The summed E-state index contributed by atoms with van der Waals surface area (Å²) in [6.07, 6.45) is 0. The Labute approximate surface area is 104 Å². The third-order valence-corrected chi connectivity index (χ3v) is 2.27. The topological polar surface area (TPSA) is 95.9 Å². The van der Waals surface area contributed by atoms with Crippen LogP contribution in [-0.2, 0) is 9.59 Å². The highest BCUT2D eigenvalue weighted by molar-refractivity contribution is 5.93. The summed E-state index contributed by atoms with van der Waals surface area (Å²) in [7, 11) is 0. The zero-order valence-electron chi connectivity index (χ0n) is 9.92. The van der Waals surface area contributed by atoms with Gasteiger partial charge in [-0.2, -0.15) is 0 Å². The molecule has 0 saturated heterocycles. The van der Waals surface area contributed by atoms with Crippen LogP contribution >= 0.6 is 0 Å². The first-order valence-electron chi connectivity index (χ1n) is 5.47. The van der Waals surface area contributed by atoms with Gasteiger partial charge in [-0.05, 0) is 31.2 Å². The second-order valence-electron chi connectivity index (χ2n) is 3.57. The van der Waals surface area contributed by atoms with E-state index < -0.39 is 17.9 Å². The molecule has 0 aliphatic heterocycles. The second-order valence-corrected chi connectivity index (χ2v) is 3.57. The van der Waals surface area contributed by atoms with Crippen LogP contribution in [0.4, 0.5) is 5.69 Å². The second kappa shape index (κ2) is 6.48. The van der Waals surface area contributed by atoms with Crippen LogP contribution in [0.1, 0.15) is 6.92 Å². The summed E-state index contributed by atoms with van der Waals surface area (Å²) in [5, 5.41) is 20.1. The first-order chi connectivity index (χ1) is 8.54. The van der Waals surface area contributed by atoms with E-state index in [0.717, 1.165) is 0 Å². The molecule has 6 heteroatoms. The summed E-state index contributed by atoms with van der Waals surface area (Å²) in [4.78, 5) is 21.3. The lowest BCUT2D eigenvalue weighted by molar-refractivity contribution is -0.153. The standard InChI is InChI=1S/C12H15NO5/c1-2-18-9-5-3-8(4-6-9)13-7-10(11(14)15)12(16)17/h3-6,10,13H,2,7H2,1H3,(H,14,15)(H,16,17). The van der Waals surface area contributed by atoms with Crippen molar-refractivity contribution in [2.45, 2.75) is 6.92 Å². The Bertz CT molecular complexity index is 401. The maximum atomic E-state index is 10.7. The first kappa shape index (κ1) is 13.8. The van der Waals surface area contributed by atoms with Crippen molar-refractivity contribution in [3.05, 3.63) is 24.3 Å². The molecule has 0 saturated carbocycles. The molecule has 6 nitrogen and oxygen atoms in total. The summed E-state index contributed by atoms with van der Waals surface area (Å²) in [6.45, 7) is 2.27. The lowest BCUT2D eigenvalue weighted by atomic mass is 10.1. The average molecular weight is 253 g/mol. The van der Waals surface area contributed by atoms with Gasteiger partial charge in [-0.1, -0.05) is 0 Å². The molecule has 0 aromatic heterocycles. The van der Waals surface area contributed by atoms with Gasteiger partial charge in [-0.15, -0.1) is 0 Å². The normalized spacial score (nSPS) is 10.1. The number of ether oxygens (including phenoxy) is 1. The molecule has 1 aromatic carbocycles. The fourth-order valence-electron chi connectivity index (χ4n) is 1.34. The van der Waals surface area contributed by atoms with Crippen LogP contribution in [0.2, 0.25) is 0 Å². The molecule has 18 heavy (non-hydrogen) atoms. The van der Waals surface area contributed by atoms with E-state index in [9.17, 15) is 9.59 Å². The smallest absolute Gasteiger partial charge is 0.319 e. The van der Waals surface area contributed by atoms with Crippen molar-refractivity contribution >= 4 is 17.6 Å². The third kappa shape index (κ3) is 3.97. The summed E-state index contributed by atoms with van der Waals surface area (Å²) in [5.74, 6) is -3.48. The van der Waals surface area contributed by atoms with E-state index in [0.29, 0.717) is 18.0 Å². The maximum Gasteiger partial charge on any atom is 0.319 e. The van der Waals surface area contributed by atoms with Crippen LogP contribution in [0.25, 0.3) is 0 Å². The Kier molecular flexibility index (Phi) is 4.98. The van der Waals surface area contributed by atoms with E-state index in [1.165, 1.54) is 0 Å². The third-order valence-electron chi connectivity index (χ3n) is 2.27. The van der Waals surface area contributed by atoms with Crippen LogP contribution in [0.3, 0.4) is 0 Å². The van der Waals surface area contributed by atoms with Gasteiger partial charge in [-0.25, -0.2) is 0 Å². The SMILES string of the molecule is CCOc1ccc(NCC(C(=O)O)C(=O)O)cc1. The predicted octanol–water partition coefficient (Wildman–Crippen LogP) is 1.28. The van der Waals surface area contributed by atoms with Crippen molar-refractivity contribution < 1.29 is 24.5 Å². The Morgan fingerprint density at radius 2 is 1.78 bits per heavy atom. The monoisotopic (exact) mass is 253 g/mol. The van der Waals surface area contributed by atoms with E-state index in [1.54, 1.807) is 24.3 Å². The highest BCUT2D eigenvalue weighted by Crippen LogP contribution is 2.16. The molecule has 0 radical (unpaired) electrons. The minimum atomic E-state index is -1.46. The van der Waals surface area contributed by atoms with Crippen LogP contribution < -0.4 is 10.1 Å². The number of carboxylic acids is 2. The van der Waals surface area contributed by atoms with Crippen LogP contribution in [0.5, 0.6) is 5.75 Å². The van der Waals surface area contributed by atoms with Crippen molar-refractivity contribution in [1.29, 1.82) is 0 Å². The van der Waals surface area contributed by atoms with Gasteiger partial charge >= 0.3 is 11.9 Å². The fraction of sp³-hybridized carbons (Fsp3) is 0.333. The molecule has 1 aromatic rings. The van der Waals surface area contributed by atoms with Gasteiger partial charge in [0.05, 0.1) is 6.61 Å². The Balaban J connectivity index is 2.57. The molecular formula is C12H15NO5. The van der Waals surface area contributed by atoms with Crippen LogP contribution in [-0.4, -0.2) is 35.3 Å². The van der Waals surface area contributed by atoms with Gasteiger partial charge in [0.2, 0.25) is 0 Å². The molecule has 0 fully saturated rings. The lowest BCUT2D eigenvalue weighted by Gasteiger charge is -2.10. The van der Waals surface area contributed by atoms with Gasteiger partial charge in [-0.3, -0.25) is 9.59 Å². The Hall–Kier alpha value is -2.24. The molecular weight excluding hydrogens is 238 g/mol. The zero-order valence-corrected chi connectivity index (χ0v) is 9.92. The number of benzene rings is 1.